The van der Waals surface area contributed by atoms with Gasteiger partial charge in [0.2, 0.25) is 5.91 Å². The first-order valence-electron chi connectivity index (χ1n) is 13.9. The monoisotopic (exact) mass is 511 g/mol. The Balaban J connectivity index is 1.48. The number of carbonyl (C=O) groups excluding carboxylic acids is 2. The number of benzene rings is 3. The highest BCUT2D eigenvalue weighted by Crippen LogP contribution is 2.49. The topological polar surface area (TPSA) is 40.6 Å². The molecule has 4 nitrogen and oxygen atoms in total. The van der Waals surface area contributed by atoms with E-state index in [-0.39, 0.29) is 17.6 Å². The molecule has 3 aromatic carbocycles. The number of ketones is 1. The second-order valence-corrected chi connectivity index (χ2v) is 10.9. The summed E-state index contributed by atoms with van der Waals surface area (Å²) in [5.41, 5.74) is 4.68. The molecule has 2 fully saturated rings. The van der Waals surface area contributed by atoms with Crippen LogP contribution in [0.15, 0.2) is 72.8 Å². The fraction of sp³-hybridized carbons (Fsp3) is 0.333. The van der Waals surface area contributed by atoms with Gasteiger partial charge in [0.05, 0.1) is 7.89 Å². The zero-order valence-corrected chi connectivity index (χ0v) is 22.2. The van der Waals surface area contributed by atoms with Gasteiger partial charge in [0.1, 0.15) is 5.82 Å². The standard InChI is InChI=1S/C33H35FN2O2/c1-22(37)4-5-25-17-29(34)20-31(18-25)36(33(38)32-19-24-8-11-28(32)16-24)21-23-6-9-26(10-7-23)27-12-14-30(15-13-27)35(2)3/h4-7,9-10,12-15,17-18,20,24,28,32H,8,11,16,19,21H2,1-3H3/b5-4+/t24-,28+,32+/m0/s1/i21D/t21-,24-,28+,32+. The summed E-state index contributed by atoms with van der Waals surface area (Å²) in [4.78, 5) is 29.0. The Labute approximate surface area is 226 Å². The molecule has 0 aromatic heterocycles. The van der Waals surface area contributed by atoms with Gasteiger partial charge in [-0.1, -0.05) is 48.9 Å². The maximum Gasteiger partial charge on any atom is 0.230 e. The first-order valence-corrected chi connectivity index (χ1v) is 13.3. The van der Waals surface area contributed by atoms with Crippen LogP contribution >= 0.6 is 0 Å². The van der Waals surface area contributed by atoms with E-state index in [0.717, 1.165) is 42.5 Å². The number of anilines is 2. The van der Waals surface area contributed by atoms with Gasteiger partial charge in [0, 0.05) is 31.4 Å². The van der Waals surface area contributed by atoms with Gasteiger partial charge in [-0.25, -0.2) is 4.39 Å². The van der Waals surface area contributed by atoms with Crippen LogP contribution in [0.1, 0.15) is 45.1 Å². The molecular formula is C33H35FN2O2. The van der Waals surface area contributed by atoms with Gasteiger partial charge in [-0.2, -0.15) is 0 Å². The molecule has 38 heavy (non-hydrogen) atoms. The van der Waals surface area contributed by atoms with Crippen molar-refractivity contribution in [3.05, 3.63) is 89.8 Å². The van der Waals surface area contributed by atoms with Gasteiger partial charge in [0.15, 0.2) is 5.78 Å². The second kappa shape index (κ2) is 10.9. The molecule has 196 valence electrons. The quantitative estimate of drug-likeness (QED) is 0.302. The summed E-state index contributed by atoms with van der Waals surface area (Å²) in [6.45, 7) is 0.398. The average molecular weight is 512 g/mol. The summed E-state index contributed by atoms with van der Waals surface area (Å²) in [5, 5.41) is 0. The lowest BCUT2D eigenvalue weighted by Crippen LogP contribution is -2.38. The number of fused-ring (bicyclic) bond motifs is 2. The molecule has 3 aromatic rings. The molecule has 0 aliphatic heterocycles. The van der Waals surface area contributed by atoms with Crippen LogP contribution in [0.3, 0.4) is 0 Å². The van der Waals surface area contributed by atoms with Gasteiger partial charge in [-0.3, -0.25) is 9.59 Å². The van der Waals surface area contributed by atoms with Crippen LogP contribution in [-0.4, -0.2) is 25.8 Å². The normalized spacial score (nSPS) is 21.4. The number of carbonyl (C=O) groups is 2. The second-order valence-electron chi connectivity index (χ2n) is 10.9. The summed E-state index contributed by atoms with van der Waals surface area (Å²) in [5.74, 6) is -0.0241. The zero-order chi connectivity index (χ0) is 27.7. The average Bonchev–Trinajstić information content (AvgIpc) is 3.56. The van der Waals surface area contributed by atoms with Gasteiger partial charge in [0.25, 0.3) is 0 Å². The molecule has 0 radical (unpaired) electrons. The van der Waals surface area contributed by atoms with E-state index in [1.54, 1.807) is 12.1 Å². The van der Waals surface area contributed by atoms with E-state index in [9.17, 15) is 15.4 Å². The Hall–Kier alpha value is -3.73. The summed E-state index contributed by atoms with van der Waals surface area (Å²) >= 11 is 0. The summed E-state index contributed by atoms with van der Waals surface area (Å²) in [7, 11) is 4.01. The lowest BCUT2D eigenvalue weighted by atomic mass is 9.87. The van der Waals surface area contributed by atoms with Crippen molar-refractivity contribution in [2.75, 3.05) is 23.9 Å². The van der Waals surface area contributed by atoms with Crippen molar-refractivity contribution in [1.82, 2.24) is 0 Å². The molecule has 5 rings (SSSR count). The van der Waals surface area contributed by atoms with E-state index >= 15 is 0 Å². The van der Waals surface area contributed by atoms with E-state index in [0.29, 0.717) is 28.7 Å². The van der Waals surface area contributed by atoms with Gasteiger partial charge in [-0.05, 0) is 96.7 Å². The highest BCUT2D eigenvalue weighted by Gasteiger charge is 2.44. The van der Waals surface area contributed by atoms with Crippen molar-refractivity contribution < 1.29 is 15.4 Å². The van der Waals surface area contributed by atoms with Crippen molar-refractivity contribution in [3.63, 3.8) is 0 Å². The number of halogens is 1. The third kappa shape index (κ3) is 5.72. The molecule has 0 N–H and O–H groups in total. The minimum absolute atomic E-state index is 0.113. The van der Waals surface area contributed by atoms with E-state index in [1.165, 1.54) is 30.0 Å². The van der Waals surface area contributed by atoms with Crippen LogP contribution in [0.5, 0.6) is 0 Å². The Morgan fingerprint density at radius 3 is 2.21 bits per heavy atom. The molecule has 2 aliphatic carbocycles. The maximum atomic E-state index is 14.8. The number of allylic oxidation sites excluding steroid dienone is 1. The minimum Gasteiger partial charge on any atom is -0.378 e. The van der Waals surface area contributed by atoms with Crippen LogP contribution in [0.2, 0.25) is 0 Å². The molecular weight excluding hydrogens is 475 g/mol. The fourth-order valence-corrected chi connectivity index (χ4v) is 5.90. The third-order valence-corrected chi connectivity index (χ3v) is 7.89. The Kier molecular flexibility index (Phi) is 7.08. The Morgan fingerprint density at radius 1 is 0.947 bits per heavy atom. The minimum atomic E-state index is -1.03. The first-order chi connectivity index (χ1) is 18.7. The lowest BCUT2D eigenvalue weighted by Gasteiger charge is -2.30. The van der Waals surface area contributed by atoms with Crippen LogP contribution < -0.4 is 9.80 Å². The van der Waals surface area contributed by atoms with Crippen LogP contribution in [0.4, 0.5) is 15.8 Å². The number of hydrogen-bond donors (Lipinski definition) is 0. The van der Waals surface area contributed by atoms with Crippen LogP contribution in [0.25, 0.3) is 17.2 Å². The predicted octanol–water partition coefficient (Wildman–Crippen LogP) is 7.13. The van der Waals surface area contributed by atoms with Crippen LogP contribution in [0, 0.1) is 23.6 Å². The van der Waals surface area contributed by atoms with E-state index in [4.69, 9.17) is 0 Å². The number of nitrogens with zero attached hydrogens (tertiary/aromatic N) is 2. The van der Waals surface area contributed by atoms with Crippen LogP contribution in [-0.2, 0) is 16.1 Å². The molecule has 2 bridgehead atoms. The fourth-order valence-electron chi connectivity index (χ4n) is 5.90. The van der Waals surface area contributed by atoms with Gasteiger partial charge < -0.3 is 9.80 Å². The summed E-state index contributed by atoms with van der Waals surface area (Å²) in [6, 6.07) is 20.3. The van der Waals surface area contributed by atoms with E-state index in [2.05, 4.69) is 24.3 Å². The molecule has 4 atom stereocenters. The number of rotatable bonds is 8. The zero-order valence-electron chi connectivity index (χ0n) is 23.2. The molecule has 0 heterocycles. The maximum absolute atomic E-state index is 14.8. The molecule has 0 saturated heterocycles. The third-order valence-electron chi connectivity index (χ3n) is 7.89. The molecule has 2 saturated carbocycles. The van der Waals surface area contributed by atoms with E-state index in [1.807, 2.05) is 43.3 Å². The lowest BCUT2D eigenvalue weighted by molar-refractivity contribution is -0.124. The number of amides is 1. The summed E-state index contributed by atoms with van der Waals surface area (Å²) in [6.07, 6.45) is 7.02. The predicted molar refractivity (Wildman–Crippen MR) is 152 cm³/mol. The van der Waals surface area contributed by atoms with E-state index < -0.39 is 12.3 Å². The van der Waals surface area contributed by atoms with Crippen molar-refractivity contribution in [3.8, 4) is 11.1 Å². The molecule has 2 aliphatic rings. The van der Waals surface area contributed by atoms with Crippen molar-refractivity contribution in [2.24, 2.45) is 17.8 Å². The Bertz CT molecular complexity index is 1380. The molecule has 5 heteroatoms. The largest absolute Gasteiger partial charge is 0.378 e. The molecule has 0 unspecified atom stereocenters. The van der Waals surface area contributed by atoms with Crippen molar-refractivity contribution in [2.45, 2.75) is 39.1 Å². The SMILES string of the molecule is [2H][C@@H](c1ccc(-c2ccc(N(C)C)cc2)cc1)N(C(=O)[C@@H]1C[C@H]2CC[C@@H]1C2)c1cc(F)cc(/C=C/C(C)=O)c1. The Morgan fingerprint density at radius 2 is 1.63 bits per heavy atom. The summed E-state index contributed by atoms with van der Waals surface area (Å²) < 4.78 is 24.0. The first kappa shape index (κ1) is 24.6. The van der Waals surface area contributed by atoms with Gasteiger partial charge in [-0.15, -0.1) is 0 Å². The number of hydrogen-bond acceptors (Lipinski definition) is 3. The molecule has 0 spiro atoms. The van der Waals surface area contributed by atoms with Gasteiger partial charge >= 0.3 is 0 Å². The molecule has 1 amide bonds. The smallest absolute Gasteiger partial charge is 0.230 e. The highest BCUT2D eigenvalue weighted by atomic mass is 19.1. The van der Waals surface area contributed by atoms with Crippen molar-refractivity contribution >= 4 is 29.1 Å². The van der Waals surface area contributed by atoms with Crippen molar-refractivity contribution in [1.29, 1.82) is 0 Å². The highest BCUT2D eigenvalue weighted by molar-refractivity contribution is 5.96.